The normalized spacial score (nSPS) is 11.2. The first-order chi connectivity index (χ1) is 15.0. The van der Waals surface area contributed by atoms with Gasteiger partial charge in [0.15, 0.2) is 13.2 Å². The minimum atomic E-state index is -0.519. The predicted octanol–water partition coefficient (Wildman–Crippen LogP) is 2.01. The van der Waals surface area contributed by atoms with E-state index in [-0.39, 0.29) is 25.7 Å². The molecule has 2 rings (SSSR count). The molecule has 1 atom stereocenters. The standard InChI is InChI=1S/C23H28N2O6/c1-17(18-7-5-4-6-8-18)25-13-21(14-28-3)31-23(27)16-30-20-11-9-19(10-12-20)29-15-22(26)24-2/h4-12,21,25H,1,13-16H2,2-3H3,(H,24,26). The summed E-state index contributed by atoms with van der Waals surface area (Å²) < 4.78 is 21.3. The summed E-state index contributed by atoms with van der Waals surface area (Å²) in [5, 5.41) is 5.63. The SMILES string of the molecule is C=C(NCC(COC)OC(=O)COc1ccc(OCC(=O)NC)cc1)c1ccccc1. The maximum Gasteiger partial charge on any atom is 0.344 e. The number of benzene rings is 2. The second kappa shape index (κ2) is 12.9. The molecule has 1 unspecified atom stereocenters. The molecule has 0 bridgehead atoms. The molecule has 0 saturated heterocycles. The van der Waals surface area contributed by atoms with Crippen LogP contribution in [0, 0.1) is 0 Å². The Hall–Kier alpha value is -3.52. The zero-order valence-corrected chi connectivity index (χ0v) is 17.8. The molecule has 0 fully saturated rings. The highest BCUT2D eigenvalue weighted by Crippen LogP contribution is 2.17. The smallest absolute Gasteiger partial charge is 0.344 e. The van der Waals surface area contributed by atoms with Gasteiger partial charge in [-0.2, -0.15) is 0 Å². The maximum atomic E-state index is 12.2. The molecule has 0 aliphatic heterocycles. The number of ether oxygens (including phenoxy) is 4. The van der Waals surface area contributed by atoms with Crippen LogP contribution in [0.1, 0.15) is 5.56 Å². The van der Waals surface area contributed by atoms with Crippen molar-refractivity contribution in [3.8, 4) is 11.5 Å². The fourth-order valence-corrected chi connectivity index (χ4v) is 2.51. The van der Waals surface area contributed by atoms with Gasteiger partial charge in [0.2, 0.25) is 0 Å². The molecule has 31 heavy (non-hydrogen) atoms. The van der Waals surface area contributed by atoms with E-state index in [0.717, 1.165) is 11.3 Å². The van der Waals surface area contributed by atoms with Gasteiger partial charge in [-0.1, -0.05) is 36.9 Å². The molecule has 0 radical (unpaired) electrons. The van der Waals surface area contributed by atoms with E-state index in [2.05, 4.69) is 17.2 Å². The highest BCUT2D eigenvalue weighted by atomic mass is 16.6. The minimum Gasteiger partial charge on any atom is -0.484 e. The van der Waals surface area contributed by atoms with E-state index in [0.29, 0.717) is 18.0 Å². The first kappa shape index (κ1) is 23.8. The van der Waals surface area contributed by atoms with Crippen molar-refractivity contribution in [2.45, 2.75) is 6.10 Å². The third kappa shape index (κ3) is 8.79. The average Bonchev–Trinajstić information content (AvgIpc) is 2.80. The van der Waals surface area contributed by atoms with Crippen molar-refractivity contribution in [3.05, 3.63) is 66.7 Å². The largest absolute Gasteiger partial charge is 0.484 e. The monoisotopic (exact) mass is 428 g/mol. The highest BCUT2D eigenvalue weighted by Gasteiger charge is 2.15. The van der Waals surface area contributed by atoms with Crippen LogP contribution in [0.15, 0.2) is 61.2 Å². The van der Waals surface area contributed by atoms with Gasteiger partial charge in [-0.25, -0.2) is 4.79 Å². The van der Waals surface area contributed by atoms with Gasteiger partial charge < -0.3 is 29.6 Å². The van der Waals surface area contributed by atoms with E-state index in [1.54, 1.807) is 24.3 Å². The lowest BCUT2D eigenvalue weighted by Crippen LogP contribution is -2.35. The summed E-state index contributed by atoms with van der Waals surface area (Å²) in [7, 11) is 3.08. The quantitative estimate of drug-likeness (QED) is 0.471. The average molecular weight is 428 g/mol. The third-order valence-electron chi connectivity index (χ3n) is 4.15. The van der Waals surface area contributed by atoms with Gasteiger partial charge in [0.25, 0.3) is 5.91 Å². The molecule has 0 aliphatic rings. The van der Waals surface area contributed by atoms with E-state index < -0.39 is 12.1 Å². The number of hydrogen-bond acceptors (Lipinski definition) is 7. The Morgan fingerprint density at radius 1 is 0.968 bits per heavy atom. The summed E-state index contributed by atoms with van der Waals surface area (Å²) in [6.45, 7) is 4.26. The van der Waals surface area contributed by atoms with Crippen molar-refractivity contribution in [2.24, 2.45) is 0 Å². The van der Waals surface area contributed by atoms with Gasteiger partial charge in [0.05, 0.1) is 13.2 Å². The molecule has 2 aromatic rings. The van der Waals surface area contributed by atoms with Crippen LogP contribution in [0.3, 0.4) is 0 Å². The lowest BCUT2D eigenvalue weighted by atomic mass is 10.2. The van der Waals surface area contributed by atoms with Gasteiger partial charge in [0, 0.05) is 19.9 Å². The molecule has 1 amide bonds. The minimum absolute atomic E-state index is 0.0748. The molecular weight excluding hydrogens is 400 g/mol. The molecular formula is C23H28N2O6. The van der Waals surface area contributed by atoms with E-state index >= 15 is 0 Å². The lowest BCUT2D eigenvalue weighted by Gasteiger charge is -2.19. The van der Waals surface area contributed by atoms with Crippen LogP contribution in [-0.4, -0.2) is 58.5 Å². The molecule has 0 aromatic heterocycles. The maximum absolute atomic E-state index is 12.2. The molecule has 0 saturated carbocycles. The highest BCUT2D eigenvalue weighted by molar-refractivity contribution is 5.77. The number of amides is 1. The molecule has 2 aromatic carbocycles. The first-order valence-electron chi connectivity index (χ1n) is 9.74. The van der Waals surface area contributed by atoms with Crippen LogP contribution < -0.4 is 20.1 Å². The van der Waals surface area contributed by atoms with Crippen molar-refractivity contribution in [1.29, 1.82) is 0 Å². The van der Waals surface area contributed by atoms with Gasteiger partial charge in [-0.05, 0) is 29.8 Å². The Morgan fingerprint density at radius 3 is 2.16 bits per heavy atom. The van der Waals surface area contributed by atoms with Gasteiger partial charge in [0.1, 0.15) is 17.6 Å². The Balaban J connectivity index is 1.76. The summed E-state index contributed by atoms with van der Waals surface area (Å²) in [6.07, 6.45) is -0.498. The number of esters is 1. The Morgan fingerprint density at radius 2 is 1.58 bits per heavy atom. The Kier molecular flexibility index (Phi) is 9.90. The Labute approximate surface area is 182 Å². The lowest BCUT2D eigenvalue weighted by molar-refractivity contribution is -0.153. The van der Waals surface area contributed by atoms with Gasteiger partial charge in [-0.3, -0.25) is 4.79 Å². The number of hydrogen-bond donors (Lipinski definition) is 2. The first-order valence-corrected chi connectivity index (χ1v) is 9.74. The number of methoxy groups -OCH3 is 1. The number of carbonyl (C=O) groups excluding carboxylic acids is 2. The molecule has 8 heteroatoms. The molecule has 0 heterocycles. The summed E-state index contributed by atoms with van der Waals surface area (Å²) in [5.41, 5.74) is 1.68. The van der Waals surface area contributed by atoms with Crippen LogP contribution in [0.4, 0.5) is 0 Å². The molecule has 166 valence electrons. The second-order valence-electron chi connectivity index (χ2n) is 6.51. The van der Waals surface area contributed by atoms with E-state index in [1.807, 2.05) is 30.3 Å². The predicted molar refractivity (Wildman–Crippen MR) is 117 cm³/mol. The second-order valence-corrected chi connectivity index (χ2v) is 6.51. The summed E-state index contributed by atoms with van der Waals surface area (Å²) >= 11 is 0. The summed E-state index contributed by atoms with van der Waals surface area (Å²) in [5.74, 6) is 0.246. The fraction of sp³-hybridized carbons (Fsp3) is 0.304. The van der Waals surface area contributed by atoms with Gasteiger partial charge >= 0.3 is 5.97 Å². The fourth-order valence-electron chi connectivity index (χ4n) is 2.51. The van der Waals surface area contributed by atoms with Crippen molar-refractivity contribution in [2.75, 3.05) is 40.5 Å². The van der Waals surface area contributed by atoms with Crippen molar-refractivity contribution in [3.63, 3.8) is 0 Å². The third-order valence-corrected chi connectivity index (χ3v) is 4.15. The van der Waals surface area contributed by atoms with E-state index in [4.69, 9.17) is 18.9 Å². The number of carbonyl (C=O) groups is 2. The zero-order valence-electron chi connectivity index (χ0n) is 17.8. The van der Waals surface area contributed by atoms with Crippen LogP contribution in [-0.2, 0) is 19.1 Å². The topological polar surface area (TPSA) is 95.1 Å². The van der Waals surface area contributed by atoms with Crippen molar-refractivity contribution >= 4 is 17.6 Å². The summed E-state index contributed by atoms with van der Waals surface area (Å²) in [4.78, 5) is 23.4. The molecule has 2 N–H and O–H groups in total. The zero-order chi connectivity index (χ0) is 22.5. The van der Waals surface area contributed by atoms with Crippen LogP contribution in [0.5, 0.6) is 11.5 Å². The number of rotatable bonds is 13. The van der Waals surface area contributed by atoms with E-state index in [1.165, 1.54) is 14.2 Å². The Bertz CT molecular complexity index is 839. The summed E-state index contributed by atoms with van der Waals surface area (Å²) in [6, 6.07) is 16.2. The molecule has 8 nitrogen and oxygen atoms in total. The number of nitrogens with one attached hydrogen (secondary N) is 2. The van der Waals surface area contributed by atoms with Crippen molar-refractivity contribution < 1.29 is 28.5 Å². The van der Waals surface area contributed by atoms with Crippen LogP contribution in [0.2, 0.25) is 0 Å². The van der Waals surface area contributed by atoms with Gasteiger partial charge in [-0.15, -0.1) is 0 Å². The number of likely N-dealkylation sites (N-methyl/N-ethyl adjacent to an activating group) is 1. The molecule has 0 aliphatic carbocycles. The molecule has 0 spiro atoms. The van der Waals surface area contributed by atoms with E-state index in [9.17, 15) is 9.59 Å². The van der Waals surface area contributed by atoms with Crippen LogP contribution in [0.25, 0.3) is 5.70 Å². The van der Waals surface area contributed by atoms with Crippen molar-refractivity contribution in [1.82, 2.24) is 10.6 Å². The van der Waals surface area contributed by atoms with Crippen LogP contribution >= 0.6 is 0 Å².